The van der Waals surface area contributed by atoms with Gasteiger partial charge in [0.15, 0.2) is 0 Å². The average molecular weight is 260 g/mol. The Morgan fingerprint density at radius 2 is 2.16 bits per heavy atom. The predicted molar refractivity (Wildman–Crippen MR) is 74.1 cm³/mol. The molecule has 0 radical (unpaired) electrons. The summed E-state index contributed by atoms with van der Waals surface area (Å²) in [7, 11) is 0. The Bertz CT molecular complexity index is 435. The number of rotatable bonds is 5. The van der Waals surface area contributed by atoms with Gasteiger partial charge in [-0.05, 0) is 19.1 Å². The number of hydrogen-bond acceptors (Lipinski definition) is 5. The normalized spacial score (nSPS) is 16.3. The quantitative estimate of drug-likeness (QED) is 0.742. The summed E-state index contributed by atoms with van der Waals surface area (Å²) in [5.41, 5.74) is 0.658. The molecule has 2 rings (SSSR count). The van der Waals surface area contributed by atoms with Gasteiger partial charge in [0, 0.05) is 45.5 Å². The molecule has 0 N–H and O–H groups in total. The van der Waals surface area contributed by atoms with Crippen LogP contribution < -0.4 is 4.90 Å². The van der Waals surface area contributed by atoms with Crippen molar-refractivity contribution in [2.75, 3.05) is 50.8 Å². The summed E-state index contributed by atoms with van der Waals surface area (Å²) < 4.78 is 5.37. The highest BCUT2D eigenvalue weighted by atomic mass is 16.5. The van der Waals surface area contributed by atoms with Crippen molar-refractivity contribution in [3.05, 3.63) is 23.9 Å². The standard InChI is InChI=1S/C14H20N4O/c1-2-19-11-10-17-6-8-18(9-7-17)14-13(12-15)4-3-5-16-14/h3-5H,2,6-11H2,1H3. The Kier molecular flexibility index (Phi) is 5.13. The third-order valence-electron chi connectivity index (χ3n) is 3.33. The van der Waals surface area contributed by atoms with E-state index in [1.807, 2.05) is 13.0 Å². The first kappa shape index (κ1) is 13.8. The summed E-state index contributed by atoms with van der Waals surface area (Å²) in [5, 5.41) is 9.10. The molecule has 5 nitrogen and oxygen atoms in total. The number of anilines is 1. The van der Waals surface area contributed by atoms with Gasteiger partial charge in [0.25, 0.3) is 0 Å². The molecule has 5 heteroatoms. The molecule has 0 spiro atoms. The molecule has 1 aromatic rings. The van der Waals surface area contributed by atoms with Gasteiger partial charge in [-0.3, -0.25) is 4.90 Å². The van der Waals surface area contributed by atoms with E-state index in [1.54, 1.807) is 12.3 Å². The molecule has 1 aromatic heterocycles. The lowest BCUT2D eigenvalue weighted by Crippen LogP contribution is -2.47. The first-order chi connectivity index (χ1) is 9.35. The van der Waals surface area contributed by atoms with Crippen LogP contribution in [0.25, 0.3) is 0 Å². The number of nitrogens with zero attached hydrogens (tertiary/aromatic N) is 4. The van der Waals surface area contributed by atoms with E-state index in [0.29, 0.717) is 5.56 Å². The second-order valence-electron chi connectivity index (χ2n) is 4.51. The molecule has 0 amide bonds. The van der Waals surface area contributed by atoms with E-state index in [-0.39, 0.29) is 0 Å². The van der Waals surface area contributed by atoms with Gasteiger partial charge in [-0.1, -0.05) is 0 Å². The van der Waals surface area contributed by atoms with Crippen LogP contribution >= 0.6 is 0 Å². The summed E-state index contributed by atoms with van der Waals surface area (Å²) >= 11 is 0. The largest absolute Gasteiger partial charge is 0.380 e. The molecule has 0 unspecified atom stereocenters. The molecule has 1 fully saturated rings. The molecule has 0 bridgehead atoms. The van der Waals surface area contributed by atoms with Crippen molar-refractivity contribution in [2.24, 2.45) is 0 Å². The van der Waals surface area contributed by atoms with Crippen LogP contribution in [0, 0.1) is 11.3 Å². The second-order valence-corrected chi connectivity index (χ2v) is 4.51. The van der Waals surface area contributed by atoms with E-state index in [0.717, 1.165) is 51.8 Å². The minimum atomic E-state index is 0.658. The molecule has 0 aromatic carbocycles. The molecule has 1 aliphatic heterocycles. The maximum atomic E-state index is 9.10. The van der Waals surface area contributed by atoms with Crippen molar-refractivity contribution in [3.63, 3.8) is 0 Å². The van der Waals surface area contributed by atoms with Gasteiger partial charge < -0.3 is 9.64 Å². The Balaban J connectivity index is 1.88. The lowest BCUT2D eigenvalue weighted by Gasteiger charge is -2.35. The topological polar surface area (TPSA) is 52.4 Å². The molecular weight excluding hydrogens is 240 g/mol. The minimum Gasteiger partial charge on any atom is -0.380 e. The zero-order chi connectivity index (χ0) is 13.5. The monoisotopic (exact) mass is 260 g/mol. The zero-order valence-corrected chi connectivity index (χ0v) is 11.4. The number of ether oxygens (including phenoxy) is 1. The van der Waals surface area contributed by atoms with Gasteiger partial charge >= 0.3 is 0 Å². The summed E-state index contributed by atoms with van der Waals surface area (Å²) in [6.45, 7) is 8.39. The third kappa shape index (κ3) is 3.66. The average Bonchev–Trinajstić information content (AvgIpc) is 2.48. The second kappa shape index (κ2) is 7.07. The Hall–Kier alpha value is -1.64. The van der Waals surface area contributed by atoms with E-state index in [1.165, 1.54) is 0 Å². The van der Waals surface area contributed by atoms with E-state index >= 15 is 0 Å². The predicted octanol–water partition coefficient (Wildman–Crippen LogP) is 1.11. The van der Waals surface area contributed by atoms with Crippen molar-refractivity contribution < 1.29 is 4.74 Å². The van der Waals surface area contributed by atoms with E-state index in [2.05, 4.69) is 20.9 Å². The molecule has 0 aliphatic carbocycles. The summed E-state index contributed by atoms with van der Waals surface area (Å²) in [6, 6.07) is 5.84. The first-order valence-corrected chi connectivity index (χ1v) is 6.75. The van der Waals surface area contributed by atoms with Crippen LogP contribution in [0.3, 0.4) is 0 Å². The highest BCUT2D eigenvalue weighted by Gasteiger charge is 2.19. The summed E-state index contributed by atoms with van der Waals surface area (Å²) in [4.78, 5) is 8.91. The van der Waals surface area contributed by atoms with Crippen LogP contribution in [-0.4, -0.2) is 55.8 Å². The lowest BCUT2D eigenvalue weighted by atomic mass is 10.2. The number of piperazine rings is 1. The van der Waals surface area contributed by atoms with Crippen LogP contribution in [0.4, 0.5) is 5.82 Å². The molecule has 1 aliphatic rings. The fourth-order valence-corrected chi connectivity index (χ4v) is 2.26. The molecule has 102 valence electrons. The van der Waals surface area contributed by atoms with Crippen LogP contribution in [0.5, 0.6) is 0 Å². The number of aromatic nitrogens is 1. The molecule has 0 atom stereocenters. The number of nitriles is 1. The fraction of sp³-hybridized carbons (Fsp3) is 0.571. The fourth-order valence-electron chi connectivity index (χ4n) is 2.26. The van der Waals surface area contributed by atoms with Gasteiger partial charge in [-0.2, -0.15) is 5.26 Å². The molecular formula is C14H20N4O. The van der Waals surface area contributed by atoms with Crippen LogP contribution in [0.2, 0.25) is 0 Å². The van der Waals surface area contributed by atoms with Crippen molar-refractivity contribution in [1.82, 2.24) is 9.88 Å². The SMILES string of the molecule is CCOCCN1CCN(c2ncccc2C#N)CC1. The van der Waals surface area contributed by atoms with Gasteiger partial charge in [-0.25, -0.2) is 4.98 Å². The number of pyridine rings is 1. The van der Waals surface area contributed by atoms with Crippen molar-refractivity contribution >= 4 is 5.82 Å². The van der Waals surface area contributed by atoms with Gasteiger partial charge in [0.1, 0.15) is 11.9 Å². The summed E-state index contributed by atoms with van der Waals surface area (Å²) in [5.74, 6) is 0.814. The maximum Gasteiger partial charge on any atom is 0.146 e. The van der Waals surface area contributed by atoms with Crippen molar-refractivity contribution in [3.8, 4) is 6.07 Å². The van der Waals surface area contributed by atoms with Crippen molar-refractivity contribution in [2.45, 2.75) is 6.92 Å². The Morgan fingerprint density at radius 1 is 1.37 bits per heavy atom. The van der Waals surface area contributed by atoms with Crippen molar-refractivity contribution in [1.29, 1.82) is 5.26 Å². The highest BCUT2D eigenvalue weighted by molar-refractivity contribution is 5.53. The minimum absolute atomic E-state index is 0.658. The van der Waals surface area contributed by atoms with Crippen LogP contribution in [-0.2, 0) is 4.74 Å². The van der Waals surface area contributed by atoms with Gasteiger partial charge in [-0.15, -0.1) is 0 Å². The molecule has 0 saturated carbocycles. The van der Waals surface area contributed by atoms with E-state index < -0.39 is 0 Å². The molecule has 19 heavy (non-hydrogen) atoms. The molecule has 2 heterocycles. The maximum absolute atomic E-state index is 9.10. The zero-order valence-electron chi connectivity index (χ0n) is 11.4. The van der Waals surface area contributed by atoms with Gasteiger partial charge in [0.05, 0.1) is 12.2 Å². The Labute approximate surface area is 114 Å². The lowest BCUT2D eigenvalue weighted by molar-refractivity contribution is 0.111. The smallest absolute Gasteiger partial charge is 0.146 e. The number of hydrogen-bond donors (Lipinski definition) is 0. The molecule has 1 saturated heterocycles. The van der Waals surface area contributed by atoms with E-state index in [9.17, 15) is 0 Å². The third-order valence-corrected chi connectivity index (χ3v) is 3.33. The van der Waals surface area contributed by atoms with Gasteiger partial charge in [0.2, 0.25) is 0 Å². The van der Waals surface area contributed by atoms with E-state index in [4.69, 9.17) is 10.00 Å². The summed E-state index contributed by atoms with van der Waals surface area (Å²) in [6.07, 6.45) is 1.75. The van der Waals surface area contributed by atoms with Crippen LogP contribution in [0.15, 0.2) is 18.3 Å². The first-order valence-electron chi connectivity index (χ1n) is 6.75. The van der Waals surface area contributed by atoms with Crippen LogP contribution in [0.1, 0.15) is 12.5 Å². The Morgan fingerprint density at radius 3 is 2.84 bits per heavy atom. The highest BCUT2D eigenvalue weighted by Crippen LogP contribution is 2.17.